The summed E-state index contributed by atoms with van der Waals surface area (Å²) < 4.78 is 0. The second-order valence-corrected chi connectivity index (χ2v) is 6.51. The SMILES string of the molecule is O[C@@H]1CC2=C(CC=CC2)C[C@@H]1CCN1CCCCC1. The van der Waals surface area contributed by atoms with Gasteiger partial charge < -0.3 is 10.0 Å². The molecule has 2 nitrogen and oxygen atoms in total. The molecule has 1 saturated heterocycles. The van der Waals surface area contributed by atoms with E-state index in [-0.39, 0.29) is 6.10 Å². The number of nitrogens with zero attached hydrogens (tertiary/aromatic N) is 1. The Morgan fingerprint density at radius 1 is 1.00 bits per heavy atom. The van der Waals surface area contributed by atoms with Gasteiger partial charge in [0.15, 0.2) is 0 Å². The lowest BCUT2D eigenvalue weighted by atomic mass is 9.76. The molecule has 2 atom stereocenters. The molecule has 2 heteroatoms. The van der Waals surface area contributed by atoms with Gasteiger partial charge in [-0.15, -0.1) is 0 Å². The Labute approximate surface area is 117 Å². The molecule has 106 valence electrons. The van der Waals surface area contributed by atoms with Crippen molar-refractivity contribution in [3.63, 3.8) is 0 Å². The topological polar surface area (TPSA) is 23.5 Å². The highest BCUT2D eigenvalue weighted by Gasteiger charge is 2.28. The van der Waals surface area contributed by atoms with Gasteiger partial charge in [0.25, 0.3) is 0 Å². The van der Waals surface area contributed by atoms with E-state index >= 15 is 0 Å². The molecule has 0 aromatic rings. The molecular formula is C17H27NO. The van der Waals surface area contributed by atoms with Crippen LogP contribution in [0.1, 0.15) is 51.4 Å². The van der Waals surface area contributed by atoms with E-state index in [0.29, 0.717) is 5.92 Å². The minimum Gasteiger partial charge on any atom is -0.392 e. The second-order valence-electron chi connectivity index (χ2n) is 6.51. The summed E-state index contributed by atoms with van der Waals surface area (Å²) in [4.78, 5) is 2.60. The smallest absolute Gasteiger partial charge is 0.0609 e. The molecule has 1 fully saturated rings. The molecule has 2 aliphatic carbocycles. The van der Waals surface area contributed by atoms with Gasteiger partial charge in [0.2, 0.25) is 0 Å². The van der Waals surface area contributed by atoms with Gasteiger partial charge >= 0.3 is 0 Å². The van der Waals surface area contributed by atoms with Crippen molar-refractivity contribution < 1.29 is 5.11 Å². The fourth-order valence-electron chi connectivity index (χ4n) is 3.89. The van der Waals surface area contributed by atoms with Gasteiger partial charge in [-0.05, 0) is 70.5 Å². The maximum Gasteiger partial charge on any atom is 0.0609 e. The summed E-state index contributed by atoms with van der Waals surface area (Å²) in [6, 6.07) is 0. The molecule has 0 bridgehead atoms. The summed E-state index contributed by atoms with van der Waals surface area (Å²) in [6.45, 7) is 3.75. The molecule has 0 amide bonds. The van der Waals surface area contributed by atoms with Crippen LogP contribution in [0, 0.1) is 5.92 Å². The Kier molecular flexibility index (Phi) is 4.39. The monoisotopic (exact) mass is 261 g/mol. The normalized spacial score (nSPS) is 32.5. The minimum absolute atomic E-state index is 0.0879. The summed E-state index contributed by atoms with van der Waals surface area (Å²) >= 11 is 0. The number of piperidine rings is 1. The third kappa shape index (κ3) is 3.29. The van der Waals surface area contributed by atoms with Gasteiger partial charge in [0.05, 0.1) is 6.10 Å². The van der Waals surface area contributed by atoms with Gasteiger partial charge in [0, 0.05) is 0 Å². The first kappa shape index (κ1) is 13.4. The molecule has 0 radical (unpaired) electrons. The molecule has 3 aliphatic rings. The number of likely N-dealkylation sites (tertiary alicyclic amines) is 1. The molecule has 19 heavy (non-hydrogen) atoms. The number of hydrogen-bond donors (Lipinski definition) is 1. The van der Waals surface area contributed by atoms with Gasteiger partial charge in [-0.25, -0.2) is 0 Å². The number of rotatable bonds is 3. The number of aliphatic hydroxyl groups excluding tert-OH is 1. The van der Waals surface area contributed by atoms with Gasteiger partial charge in [-0.2, -0.15) is 0 Å². The fourth-order valence-corrected chi connectivity index (χ4v) is 3.89. The molecule has 0 aromatic carbocycles. The largest absolute Gasteiger partial charge is 0.392 e. The van der Waals surface area contributed by atoms with E-state index in [2.05, 4.69) is 17.1 Å². The maximum atomic E-state index is 10.4. The van der Waals surface area contributed by atoms with Gasteiger partial charge in [-0.1, -0.05) is 29.7 Å². The van der Waals surface area contributed by atoms with E-state index in [1.807, 2.05) is 0 Å². The zero-order valence-electron chi connectivity index (χ0n) is 12.0. The van der Waals surface area contributed by atoms with Crippen LogP contribution in [0.3, 0.4) is 0 Å². The van der Waals surface area contributed by atoms with E-state index < -0.39 is 0 Å². The number of hydrogen-bond acceptors (Lipinski definition) is 2. The molecular weight excluding hydrogens is 234 g/mol. The Morgan fingerprint density at radius 3 is 2.42 bits per heavy atom. The first-order valence-electron chi connectivity index (χ1n) is 8.08. The van der Waals surface area contributed by atoms with Crippen LogP contribution in [0.2, 0.25) is 0 Å². The van der Waals surface area contributed by atoms with Crippen LogP contribution in [-0.2, 0) is 0 Å². The summed E-state index contributed by atoms with van der Waals surface area (Å²) in [6.07, 6.45) is 14.1. The van der Waals surface area contributed by atoms with Crippen molar-refractivity contribution in [2.45, 2.75) is 57.5 Å². The molecule has 0 spiro atoms. The zero-order valence-corrected chi connectivity index (χ0v) is 12.0. The van der Waals surface area contributed by atoms with Crippen LogP contribution < -0.4 is 0 Å². The molecule has 1 N–H and O–H groups in total. The lowest BCUT2D eigenvalue weighted by Gasteiger charge is -2.35. The summed E-state index contributed by atoms with van der Waals surface area (Å²) in [7, 11) is 0. The van der Waals surface area contributed by atoms with Crippen LogP contribution in [0.4, 0.5) is 0 Å². The molecule has 0 unspecified atom stereocenters. The maximum absolute atomic E-state index is 10.4. The average molecular weight is 261 g/mol. The van der Waals surface area contributed by atoms with E-state index in [1.165, 1.54) is 50.9 Å². The van der Waals surface area contributed by atoms with Crippen molar-refractivity contribution >= 4 is 0 Å². The van der Waals surface area contributed by atoms with Crippen LogP contribution in [0.15, 0.2) is 23.3 Å². The third-order valence-corrected chi connectivity index (χ3v) is 5.17. The van der Waals surface area contributed by atoms with Crippen LogP contribution in [-0.4, -0.2) is 35.7 Å². The number of aliphatic hydroxyl groups is 1. The van der Waals surface area contributed by atoms with E-state index in [0.717, 1.165) is 25.7 Å². The molecule has 3 rings (SSSR count). The van der Waals surface area contributed by atoms with E-state index in [1.54, 1.807) is 5.57 Å². The van der Waals surface area contributed by atoms with E-state index in [9.17, 15) is 5.11 Å². The highest BCUT2D eigenvalue weighted by molar-refractivity contribution is 5.27. The van der Waals surface area contributed by atoms with Crippen molar-refractivity contribution in [3.05, 3.63) is 23.3 Å². The van der Waals surface area contributed by atoms with Gasteiger partial charge in [-0.3, -0.25) is 0 Å². The second kappa shape index (κ2) is 6.23. The minimum atomic E-state index is -0.0879. The lowest BCUT2D eigenvalue weighted by Crippen LogP contribution is -2.34. The van der Waals surface area contributed by atoms with Gasteiger partial charge in [0.1, 0.15) is 0 Å². The van der Waals surface area contributed by atoms with Crippen LogP contribution >= 0.6 is 0 Å². The average Bonchev–Trinajstić information content (AvgIpc) is 2.46. The number of allylic oxidation sites excluding steroid dienone is 3. The lowest BCUT2D eigenvalue weighted by molar-refractivity contribution is 0.0828. The van der Waals surface area contributed by atoms with Crippen molar-refractivity contribution in [1.82, 2.24) is 4.90 Å². The summed E-state index contributed by atoms with van der Waals surface area (Å²) in [5.41, 5.74) is 3.17. The summed E-state index contributed by atoms with van der Waals surface area (Å²) in [5.74, 6) is 0.507. The molecule has 1 aliphatic heterocycles. The molecule has 0 saturated carbocycles. The van der Waals surface area contributed by atoms with E-state index in [4.69, 9.17) is 0 Å². The first-order chi connectivity index (χ1) is 9.33. The summed E-state index contributed by atoms with van der Waals surface area (Å²) in [5, 5.41) is 10.4. The Hall–Kier alpha value is -0.600. The molecule has 1 heterocycles. The predicted molar refractivity (Wildman–Crippen MR) is 79.0 cm³/mol. The highest BCUT2D eigenvalue weighted by Crippen LogP contribution is 2.37. The quantitative estimate of drug-likeness (QED) is 0.788. The third-order valence-electron chi connectivity index (χ3n) is 5.17. The van der Waals surface area contributed by atoms with Crippen molar-refractivity contribution in [2.75, 3.05) is 19.6 Å². The molecule has 0 aromatic heterocycles. The van der Waals surface area contributed by atoms with Crippen LogP contribution in [0.5, 0.6) is 0 Å². The standard InChI is InChI=1S/C17H27NO/c19-17-13-15-7-3-2-6-14(15)12-16(17)8-11-18-9-4-1-5-10-18/h2-3,16-17,19H,1,4-13H2/t16-,17+/m0/s1. The Morgan fingerprint density at radius 2 is 1.68 bits per heavy atom. The Bertz CT molecular complexity index is 365. The first-order valence-corrected chi connectivity index (χ1v) is 8.08. The van der Waals surface area contributed by atoms with Crippen molar-refractivity contribution in [1.29, 1.82) is 0 Å². The Balaban J connectivity index is 1.52. The zero-order chi connectivity index (χ0) is 13.1. The highest BCUT2D eigenvalue weighted by atomic mass is 16.3. The fraction of sp³-hybridized carbons (Fsp3) is 0.765. The van der Waals surface area contributed by atoms with Crippen LogP contribution in [0.25, 0.3) is 0 Å². The van der Waals surface area contributed by atoms with Crippen molar-refractivity contribution in [2.24, 2.45) is 5.92 Å². The van der Waals surface area contributed by atoms with Crippen molar-refractivity contribution in [3.8, 4) is 0 Å². The predicted octanol–water partition coefficient (Wildman–Crippen LogP) is 3.28.